The number of aliphatic hydroxyl groups excluding tert-OH is 2. The molecule has 2 N–H and O–H groups in total. The monoisotopic (exact) mass is 464 g/mol. The predicted molar refractivity (Wildman–Crippen MR) is 127 cm³/mol. The molecule has 0 radical (unpaired) electrons. The summed E-state index contributed by atoms with van der Waals surface area (Å²) in [4.78, 5) is 0. The molecule has 0 aromatic heterocycles. The highest BCUT2D eigenvalue weighted by atomic mass is 28.4. The highest BCUT2D eigenvalue weighted by molar-refractivity contribution is 6.74. The molecular weight excluding hydrogens is 416 g/mol. The summed E-state index contributed by atoms with van der Waals surface area (Å²) in [6, 6.07) is 0. The topological polar surface area (TPSA) is 77.4 Å². The smallest absolute Gasteiger partial charge is 0.191 e. The van der Waals surface area contributed by atoms with Gasteiger partial charge in [-0.15, -0.1) is 0 Å². The zero-order valence-electron chi connectivity index (χ0n) is 21.1. The van der Waals surface area contributed by atoms with Gasteiger partial charge in [-0.25, -0.2) is 0 Å². The van der Waals surface area contributed by atoms with Crippen LogP contribution in [0.1, 0.15) is 67.2 Å². The summed E-state index contributed by atoms with van der Waals surface area (Å²) in [5, 5.41) is 21.0. The third-order valence-electron chi connectivity index (χ3n) is 7.07. The van der Waals surface area contributed by atoms with Crippen molar-refractivity contribution in [2.75, 3.05) is 13.2 Å². The van der Waals surface area contributed by atoms with Crippen LogP contribution in [0.15, 0.2) is 0 Å². The Hall–Kier alpha value is 0.194. The summed E-state index contributed by atoms with van der Waals surface area (Å²) in [5.74, 6) is 0. The Labute approximate surface area is 186 Å². The van der Waals surface area contributed by atoms with Crippen LogP contribution in [-0.4, -0.2) is 64.8 Å². The highest BCUT2D eigenvalue weighted by Gasteiger charge is 2.39. The summed E-state index contributed by atoms with van der Waals surface area (Å²) in [6.07, 6.45) is -0.391. The van der Waals surface area contributed by atoms with Gasteiger partial charge in [0.2, 0.25) is 0 Å². The maximum atomic E-state index is 10.3. The fourth-order valence-electron chi connectivity index (χ4n) is 2.75. The van der Waals surface area contributed by atoms with Crippen molar-refractivity contribution in [3.63, 3.8) is 0 Å². The minimum atomic E-state index is -1.77. The Balaban J connectivity index is 2.35. The van der Waals surface area contributed by atoms with Crippen molar-refractivity contribution < 1.29 is 28.5 Å². The molecule has 180 valence electrons. The first kappa shape index (κ1) is 28.2. The van der Waals surface area contributed by atoms with Crippen LogP contribution in [0.3, 0.4) is 0 Å². The minimum Gasteiger partial charge on any atom is -0.417 e. The van der Waals surface area contributed by atoms with Crippen molar-refractivity contribution in [3.05, 3.63) is 0 Å². The summed E-state index contributed by atoms with van der Waals surface area (Å²) < 4.78 is 23.7. The average molecular weight is 465 g/mol. The highest BCUT2D eigenvalue weighted by Crippen LogP contribution is 2.37. The van der Waals surface area contributed by atoms with Crippen LogP contribution >= 0.6 is 0 Å². The van der Waals surface area contributed by atoms with Gasteiger partial charge in [0.15, 0.2) is 29.2 Å². The fourth-order valence-corrected chi connectivity index (χ4v) is 4.92. The molecule has 1 heterocycles. The SMILES string of the molecule is CC(C)(C)[Si](C)(C)OCCC[C@H]1OC(O)[C@@H](CCCO[Si](C)(C)C(C)(C)C)OC1O. The third kappa shape index (κ3) is 8.28. The number of rotatable bonds is 10. The van der Waals surface area contributed by atoms with E-state index in [0.29, 0.717) is 26.1 Å². The second-order valence-electron chi connectivity index (χ2n) is 11.6. The van der Waals surface area contributed by atoms with Gasteiger partial charge in [-0.3, -0.25) is 0 Å². The molecule has 6 nitrogen and oxygen atoms in total. The van der Waals surface area contributed by atoms with Crippen LogP contribution in [0.25, 0.3) is 0 Å². The zero-order valence-corrected chi connectivity index (χ0v) is 23.1. The summed E-state index contributed by atoms with van der Waals surface area (Å²) in [6.45, 7) is 23.5. The van der Waals surface area contributed by atoms with Crippen LogP contribution in [0.5, 0.6) is 0 Å². The molecule has 0 aromatic rings. The van der Waals surface area contributed by atoms with Crippen molar-refractivity contribution in [1.82, 2.24) is 0 Å². The van der Waals surface area contributed by atoms with Gasteiger partial charge in [-0.2, -0.15) is 0 Å². The Morgan fingerprint density at radius 3 is 1.23 bits per heavy atom. The number of ether oxygens (including phenoxy) is 2. The van der Waals surface area contributed by atoms with Crippen molar-refractivity contribution in [3.8, 4) is 0 Å². The van der Waals surface area contributed by atoms with Crippen LogP contribution in [-0.2, 0) is 18.3 Å². The first-order valence-corrected chi connectivity index (χ1v) is 17.2. The molecule has 0 saturated carbocycles. The quantitative estimate of drug-likeness (QED) is 0.349. The van der Waals surface area contributed by atoms with Gasteiger partial charge in [-0.1, -0.05) is 41.5 Å². The van der Waals surface area contributed by atoms with E-state index in [1.807, 2.05) is 0 Å². The van der Waals surface area contributed by atoms with E-state index in [-0.39, 0.29) is 10.1 Å². The molecule has 0 aliphatic carbocycles. The molecule has 0 bridgehead atoms. The number of hydrogen-bond acceptors (Lipinski definition) is 6. The zero-order chi connectivity index (χ0) is 23.4. The molecule has 30 heavy (non-hydrogen) atoms. The van der Waals surface area contributed by atoms with E-state index in [4.69, 9.17) is 18.3 Å². The van der Waals surface area contributed by atoms with Crippen molar-refractivity contribution in [2.45, 2.75) is 128 Å². The fraction of sp³-hybridized carbons (Fsp3) is 1.00. The van der Waals surface area contributed by atoms with Gasteiger partial charge in [-0.05, 0) is 61.9 Å². The standard InChI is InChI=1S/C22H48O6Si2/c1-21(2,3)29(7,8)25-15-11-13-17-19(23)28-18(20(24)27-17)14-12-16-26-30(9,10)22(4,5)6/h17-20,23-24H,11-16H2,1-10H3/t17-,18-,19?,20?/m1/s1. The van der Waals surface area contributed by atoms with E-state index in [2.05, 4.69) is 67.7 Å². The molecule has 1 saturated heterocycles. The molecule has 2 unspecified atom stereocenters. The summed E-state index contributed by atoms with van der Waals surface area (Å²) in [5.41, 5.74) is 0. The second kappa shape index (κ2) is 10.9. The Kier molecular flexibility index (Phi) is 10.2. The van der Waals surface area contributed by atoms with Gasteiger partial charge < -0.3 is 28.5 Å². The predicted octanol–water partition coefficient (Wildman–Crippen LogP) is 5.01. The van der Waals surface area contributed by atoms with Crippen LogP contribution in [0.4, 0.5) is 0 Å². The lowest BCUT2D eigenvalue weighted by atomic mass is 10.1. The molecule has 1 fully saturated rings. The van der Waals surface area contributed by atoms with Crippen molar-refractivity contribution in [2.24, 2.45) is 0 Å². The van der Waals surface area contributed by atoms with Crippen LogP contribution < -0.4 is 0 Å². The van der Waals surface area contributed by atoms with E-state index in [0.717, 1.165) is 12.8 Å². The molecular formula is C22H48O6Si2. The van der Waals surface area contributed by atoms with Gasteiger partial charge in [0.25, 0.3) is 0 Å². The molecule has 4 atom stereocenters. The largest absolute Gasteiger partial charge is 0.417 e. The maximum absolute atomic E-state index is 10.3. The first-order chi connectivity index (χ1) is 13.5. The number of hydrogen-bond donors (Lipinski definition) is 2. The van der Waals surface area contributed by atoms with E-state index in [1.54, 1.807) is 0 Å². The first-order valence-electron chi connectivity index (χ1n) is 11.4. The van der Waals surface area contributed by atoms with E-state index in [1.165, 1.54) is 0 Å². The van der Waals surface area contributed by atoms with Crippen molar-refractivity contribution in [1.29, 1.82) is 0 Å². The summed E-state index contributed by atoms with van der Waals surface area (Å²) in [7, 11) is -3.54. The molecule has 1 aliphatic rings. The molecule has 8 heteroatoms. The Bertz CT molecular complexity index is 467. The normalized spacial score (nSPS) is 26.8. The van der Waals surface area contributed by atoms with Gasteiger partial charge in [0.05, 0.1) is 0 Å². The van der Waals surface area contributed by atoms with Gasteiger partial charge in [0.1, 0.15) is 12.2 Å². The van der Waals surface area contributed by atoms with Crippen LogP contribution in [0.2, 0.25) is 36.3 Å². The van der Waals surface area contributed by atoms with E-state index in [9.17, 15) is 10.2 Å². The molecule has 0 spiro atoms. The lowest BCUT2D eigenvalue weighted by Gasteiger charge is -2.39. The minimum absolute atomic E-state index is 0.175. The maximum Gasteiger partial charge on any atom is 0.191 e. The molecule has 0 aromatic carbocycles. The molecule has 0 amide bonds. The lowest BCUT2D eigenvalue weighted by molar-refractivity contribution is -0.332. The molecule has 1 rings (SSSR count). The van der Waals surface area contributed by atoms with Gasteiger partial charge >= 0.3 is 0 Å². The summed E-state index contributed by atoms with van der Waals surface area (Å²) >= 11 is 0. The van der Waals surface area contributed by atoms with Crippen molar-refractivity contribution >= 4 is 16.6 Å². The lowest BCUT2D eigenvalue weighted by Crippen LogP contribution is -2.49. The second-order valence-corrected chi connectivity index (χ2v) is 21.3. The van der Waals surface area contributed by atoms with E-state index >= 15 is 0 Å². The van der Waals surface area contributed by atoms with Crippen LogP contribution in [0, 0.1) is 0 Å². The number of aliphatic hydroxyl groups is 2. The Morgan fingerprint density at radius 2 is 0.967 bits per heavy atom. The average Bonchev–Trinajstić information content (AvgIpc) is 2.56. The van der Waals surface area contributed by atoms with Gasteiger partial charge in [0, 0.05) is 13.2 Å². The third-order valence-corrected chi connectivity index (χ3v) is 16.1. The van der Waals surface area contributed by atoms with E-state index < -0.39 is 41.4 Å². The molecule has 1 aliphatic heterocycles. The Morgan fingerprint density at radius 1 is 0.667 bits per heavy atom.